The summed E-state index contributed by atoms with van der Waals surface area (Å²) >= 11 is 0. The average molecular weight is 419 g/mol. The molecular weight excluding hydrogens is 395 g/mol. The predicted molar refractivity (Wildman–Crippen MR) is 97.0 cm³/mol. The van der Waals surface area contributed by atoms with Crippen molar-refractivity contribution in [3.8, 4) is 0 Å². The minimum Gasteiger partial charge on any atom is -0.339 e. The number of halogens is 3. The van der Waals surface area contributed by atoms with Crippen molar-refractivity contribution < 1.29 is 26.4 Å². The van der Waals surface area contributed by atoms with Crippen LogP contribution in [0.5, 0.6) is 0 Å². The molecule has 2 atom stereocenters. The van der Waals surface area contributed by atoms with Crippen LogP contribution in [-0.4, -0.2) is 67.6 Å². The van der Waals surface area contributed by atoms with Gasteiger partial charge in [-0.05, 0) is 31.2 Å². The molecule has 0 saturated carbocycles. The van der Waals surface area contributed by atoms with Crippen molar-refractivity contribution in [3.63, 3.8) is 0 Å². The fourth-order valence-corrected chi connectivity index (χ4v) is 5.27. The van der Waals surface area contributed by atoms with Crippen LogP contribution in [0.2, 0.25) is 0 Å². The van der Waals surface area contributed by atoms with E-state index in [1.165, 1.54) is 22.7 Å². The van der Waals surface area contributed by atoms with Crippen LogP contribution in [0.4, 0.5) is 13.2 Å². The molecule has 2 aliphatic heterocycles. The first-order valence-electron chi connectivity index (χ1n) is 9.22. The number of hydrogen-bond acceptors (Lipinski definition) is 3. The van der Waals surface area contributed by atoms with E-state index >= 15 is 0 Å². The Morgan fingerprint density at radius 2 is 1.86 bits per heavy atom. The molecule has 0 aromatic heterocycles. The quantitative estimate of drug-likeness (QED) is 0.699. The smallest absolute Gasteiger partial charge is 0.281 e. The lowest BCUT2D eigenvalue weighted by Gasteiger charge is -2.47. The van der Waals surface area contributed by atoms with Gasteiger partial charge in [-0.25, -0.2) is 13.2 Å². The van der Waals surface area contributed by atoms with Gasteiger partial charge in [-0.1, -0.05) is 6.07 Å². The fourth-order valence-electron chi connectivity index (χ4n) is 4.09. The van der Waals surface area contributed by atoms with Gasteiger partial charge in [-0.15, -0.1) is 0 Å². The van der Waals surface area contributed by atoms with Gasteiger partial charge in [0.2, 0.25) is 5.91 Å². The number of likely N-dealkylation sites (tertiary alicyclic amines) is 1. The molecule has 2 aliphatic rings. The van der Waals surface area contributed by atoms with Crippen molar-refractivity contribution in [1.29, 1.82) is 0 Å². The highest BCUT2D eigenvalue weighted by molar-refractivity contribution is 7.86. The van der Waals surface area contributed by atoms with Crippen molar-refractivity contribution in [2.75, 3.05) is 33.7 Å². The molecule has 2 saturated heterocycles. The first-order chi connectivity index (χ1) is 13.1. The summed E-state index contributed by atoms with van der Waals surface area (Å²) in [4.78, 5) is 14.4. The molecule has 2 fully saturated rings. The molecule has 0 N–H and O–H groups in total. The third-order valence-corrected chi connectivity index (χ3v) is 7.50. The maximum atomic E-state index is 13.9. The van der Waals surface area contributed by atoms with Gasteiger partial charge in [0.05, 0.1) is 6.42 Å². The van der Waals surface area contributed by atoms with Gasteiger partial charge in [0, 0.05) is 45.3 Å². The van der Waals surface area contributed by atoms with Crippen LogP contribution < -0.4 is 0 Å². The Hall–Kier alpha value is -1.65. The Morgan fingerprint density at radius 1 is 1.14 bits per heavy atom. The molecule has 1 aromatic rings. The lowest BCUT2D eigenvalue weighted by atomic mass is 9.84. The highest BCUT2D eigenvalue weighted by Gasteiger charge is 2.41. The summed E-state index contributed by atoms with van der Waals surface area (Å²) in [6.07, 6.45) is 1.64. The molecule has 0 spiro atoms. The third kappa shape index (κ3) is 3.90. The van der Waals surface area contributed by atoms with E-state index in [0.717, 1.165) is 18.6 Å². The van der Waals surface area contributed by atoms with Gasteiger partial charge in [0.25, 0.3) is 10.2 Å². The number of carbonyl (C=O) groups is 1. The largest absolute Gasteiger partial charge is 0.339 e. The Bertz CT molecular complexity index is 863. The molecule has 0 radical (unpaired) electrons. The van der Waals surface area contributed by atoms with Crippen LogP contribution in [-0.2, 0) is 21.4 Å². The predicted octanol–water partition coefficient (Wildman–Crippen LogP) is 1.77. The minimum atomic E-state index is -3.51. The summed E-state index contributed by atoms with van der Waals surface area (Å²) in [7, 11) is -0.554. The number of hydrogen-bond donors (Lipinski definition) is 0. The van der Waals surface area contributed by atoms with Crippen LogP contribution in [0.3, 0.4) is 0 Å². The van der Waals surface area contributed by atoms with E-state index in [-0.39, 0.29) is 29.9 Å². The first-order valence-corrected chi connectivity index (χ1v) is 10.6. The number of piperidine rings is 2. The number of nitrogens with zero attached hydrogens (tertiary/aromatic N) is 3. The van der Waals surface area contributed by atoms with Crippen LogP contribution >= 0.6 is 0 Å². The maximum absolute atomic E-state index is 13.9. The van der Waals surface area contributed by atoms with Crippen molar-refractivity contribution in [3.05, 3.63) is 35.1 Å². The molecule has 1 amide bonds. The number of rotatable bonds is 4. The number of benzene rings is 1. The van der Waals surface area contributed by atoms with Crippen molar-refractivity contribution in [2.24, 2.45) is 5.92 Å². The second-order valence-electron chi connectivity index (χ2n) is 7.50. The Balaban J connectivity index is 1.73. The molecule has 3 rings (SSSR count). The lowest BCUT2D eigenvalue weighted by molar-refractivity contribution is -0.137. The Labute approximate surface area is 163 Å². The molecule has 1 aromatic carbocycles. The maximum Gasteiger partial charge on any atom is 0.281 e. The second kappa shape index (κ2) is 8.00. The van der Waals surface area contributed by atoms with E-state index < -0.39 is 27.7 Å². The summed E-state index contributed by atoms with van der Waals surface area (Å²) in [5, 5.41) is 0. The molecule has 156 valence electrons. The minimum absolute atomic E-state index is 0.00373. The molecule has 0 unspecified atom stereocenters. The highest BCUT2D eigenvalue weighted by Crippen LogP contribution is 2.32. The molecule has 10 heteroatoms. The van der Waals surface area contributed by atoms with Gasteiger partial charge in [-0.3, -0.25) is 4.79 Å². The lowest BCUT2D eigenvalue weighted by Crippen LogP contribution is -2.58. The van der Waals surface area contributed by atoms with Gasteiger partial charge in [-0.2, -0.15) is 17.0 Å². The molecule has 6 nitrogen and oxygen atoms in total. The van der Waals surface area contributed by atoms with E-state index in [2.05, 4.69) is 0 Å². The van der Waals surface area contributed by atoms with Crippen molar-refractivity contribution in [2.45, 2.75) is 31.7 Å². The molecule has 28 heavy (non-hydrogen) atoms. The first kappa shape index (κ1) is 21.1. The average Bonchev–Trinajstić information content (AvgIpc) is 2.67. The Morgan fingerprint density at radius 3 is 2.54 bits per heavy atom. The molecule has 2 heterocycles. The normalized spacial score (nSPS) is 23.7. The summed E-state index contributed by atoms with van der Waals surface area (Å²) < 4.78 is 67.8. The zero-order valence-corrected chi connectivity index (χ0v) is 16.7. The van der Waals surface area contributed by atoms with Crippen molar-refractivity contribution in [1.82, 2.24) is 13.5 Å². The zero-order valence-electron chi connectivity index (χ0n) is 15.9. The van der Waals surface area contributed by atoms with Gasteiger partial charge < -0.3 is 4.90 Å². The zero-order chi connectivity index (χ0) is 20.6. The molecule has 0 bridgehead atoms. The number of carbonyl (C=O) groups excluding carboxylic acids is 1. The van der Waals surface area contributed by atoms with E-state index in [0.29, 0.717) is 32.5 Å². The fraction of sp³-hybridized carbons (Fsp3) is 0.611. The molecule has 0 aliphatic carbocycles. The SMILES string of the molecule is CN(C)S(=O)(=O)N1CC[C@H]2[C@H](CCCN2C(=O)Cc2ccc(F)c(F)c2F)C1. The van der Waals surface area contributed by atoms with Gasteiger partial charge in [0.15, 0.2) is 17.5 Å². The van der Waals surface area contributed by atoms with Gasteiger partial charge in [0.1, 0.15) is 0 Å². The van der Waals surface area contributed by atoms with E-state index in [1.807, 2.05) is 0 Å². The highest BCUT2D eigenvalue weighted by atomic mass is 32.2. The summed E-state index contributed by atoms with van der Waals surface area (Å²) in [5.41, 5.74) is -0.182. The second-order valence-corrected chi connectivity index (χ2v) is 9.65. The van der Waals surface area contributed by atoms with Crippen LogP contribution in [0.25, 0.3) is 0 Å². The topological polar surface area (TPSA) is 60.9 Å². The standard InChI is InChI=1S/C18H24F3N3O3S/c1-22(2)28(26,27)23-9-7-15-13(11-23)4-3-8-24(15)16(25)10-12-5-6-14(19)18(21)17(12)20/h5-6,13,15H,3-4,7-11H2,1-2H3/t13-,15+/m1/s1. The van der Waals surface area contributed by atoms with E-state index in [1.54, 1.807) is 4.90 Å². The number of fused-ring (bicyclic) bond motifs is 1. The van der Waals surface area contributed by atoms with Crippen LogP contribution in [0, 0.1) is 23.4 Å². The Kier molecular flexibility index (Phi) is 6.02. The summed E-state index contributed by atoms with van der Waals surface area (Å²) in [6, 6.07) is 1.76. The summed E-state index contributed by atoms with van der Waals surface area (Å²) in [6.45, 7) is 1.12. The molecular formula is C18H24F3N3O3S. The number of amides is 1. The van der Waals surface area contributed by atoms with Crippen molar-refractivity contribution >= 4 is 16.1 Å². The van der Waals surface area contributed by atoms with Crippen LogP contribution in [0.1, 0.15) is 24.8 Å². The van der Waals surface area contributed by atoms with Crippen LogP contribution in [0.15, 0.2) is 12.1 Å². The van der Waals surface area contributed by atoms with E-state index in [4.69, 9.17) is 0 Å². The van der Waals surface area contributed by atoms with E-state index in [9.17, 15) is 26.4 Å². The third-order valence-electron chi connectivity index (χ3n) is 5.60. The summed E-state index contributed by atoms with van der Waals surface area (Å²) in [5.74, 6) is -4.57. The van der Waals surface area contributed by atoms with Gasteiger partial charge >= 0.3 is 0 Å². The monoisotopic (exact) mass is 419 g/mol.